The van der Waals surface area contributed by atoms with Gasteiger partial charge < -0.3 is 9.13 Å². The van der Waals surface area contributed by atoms with Crippen molar-refractivity contribution in [2.24, 2.45) is 0 Å². The van der Waals surface area contributed by atoms with E-state index in [-0.39, 0.29) is 0 Å². The molecule has 0 fully saturated rings. The number of hydrogen-bond acceptors (Lipinski definition) is 2. The van der Waals surface area contributed by atoms with Gasteiger partial charge in [0.2, 0.25) is 0 Å². The minimum absolute atomic E-state index is 0.627. The zero-order valence-corrected chi connectivity index (χ0v) is 45.8. The quantitative estimate of drug-likeness (QED) is 0.145. The third-order valence-electron chi connectivity index (χ3n) is 16.9. The van der Waals surface area contributed by atoms with Gasteiger partial charge in [-0.2, -0.15) is 0 Å². The first-order valence-corrected chi connectivity index (χ1v) is 29.8. The molecular weight excluding hydrogens is 1030 g/mol. The zero-order chi connectivity index (χ0) is 54.6. The summed E-state index contributed by atoms with van der Waals surface area (Å²) in [4.78, 5) is 16.5. The molecule has 0 atom stereocenters. The first-order valence-electron chi connectivity index (χ1n) is 28.2. The molecule has 6 nitrogen and oxygen atoms in total. The largest absolute Gasteiger partial charge is 0.309 e. The molecule has 390 valence electrons. The maximum Gasteiger partial charge on any atom is 0.163 e. The summed E-state index contributed by atoms with van der Waals surface area (Å²) >= 11 is 0. The number of para-hydroxylation sites is 6. The van der Waals surface area contributed by atoms with Crippen molar-refractivity contribution in [3.8, 4) is 34.4 Å². The van der Waals surface area contributed by atoms with Crippen LogP contribution in [0.5, 0.6) is 0 Å². The molecule has 0 N–H and O–H groups in total. The predicted octanol–water partition coefficient (Wildman–Crippen LogP) is 19.9. The van der Waals surface area contributed by atoms with E-state index in [0.717, 1.165) is 72.2 Å². The Bertz CT molecular complexity index is 4950. The average molecular weight is 1080 g/mol. The van der Waals surface area contributed by atoms with Gasteiger partial charge in [-0.3, -0.25) is 9.13 Å². The highest BCUT2D eigenvalue weighted by molar-refractivity contribution is 8.34. The molecule has 0 unspecified atom stereocenters. The second kappa shape index (κ2) is 18.7. The van der Waals surface area contributed by atoms with Crippen LogP contribution in [-0.2, 0) is 0 Å². The van der Waals surface area contributed by atoms with Crippen LogP contribution in [0.1, 0.15) is 0 Å². The topological polar surface area (TPSA) is 45.5 Å². The van der Waals surface area contributed by atoms with Crippen molar-refractivity contribution >= 4 is 97.3 Å². The van der Waals surface area contributed by atoms with Gasteiger partial charge in [0, 0.05) is 85.7 Å². The summed E-state index contributed by atoms with van der Waals surface area (Å²) in [6.07, 6.45) is 0. The normalized spacial score (nSPS) is 12.3. The minimum atomic E-state index is -2.03. The molecular formula is C76H50N6S. The first-order chi connectivity index (χ1) is 41.2. The summed E-state index contributed by atoms with van der Waals surface area (Å²) < 4.78 is 9.50. The van der Waals surface area contributed by atoms with Crippen molar-refractivity contribution in [2.45, 2.75) is 19.6 Å². The number of benzene rings is 12. The number of rotatable bonds is 9. The standard InChI is InChI=1S/C76H50N6S/c1-4-24-54(25-5-1)83(55-26-6-2-7-27-55,56-28-8-3-9-29-56)57-30-22-23-51(47-57)76-77-74(81-70-41-20-14-35-62(70)64-48-52(43-45-72(64)81)79-66-37-16-10-31-58(66)59-32-11-17-38-67(59)79)50-75(78-76)82-71-42-21-15-36-63(71)65-49-53(44-46-73(65)82)80-68-39-18-12-33-60(68)61-34-13-19-40-69(61)80/h1-50H. The van der Waals surface area contributed by atoms with Gasteiger partial charge >= 0.3 is 0 Å². The number of fused-ring (bicyclic) bond motifs is 12. The van der Waals surface area contributed by atoms with E-state index in [1.54, 1.807) is 0 Å². The SMILES string of the molecule is c1ccc(S(c2ccccc2)(c2ccccc2)c2cccc(-c3nc(-n4c5ccccc5c5cc(-n6c7ccccc7c7ccccc76)ccc54)cc(-n4c5ccccc5c5cc(-n6c7ccccc7c7ccccc76)ccc54)n3)c2)cc1. The molecule has 0 aliphatic rings. The lowest BCUT2D eigenvalue weighted by Crippen LogP contribution is -2.07. The van der Waals surface area contributed by atoms with Gasteiger partial charge in [-0.1, -0.05) is 176 Å². The molecule has 17 rings (SSSR count). The Hall–Kier alpha value is -10.7. The second-order valence-electron chi connectivity index (χ2n) is 21.3. The number of aromatic nitrogens is 6. The Kier molecular flexibility index (Phi) is 10.6. The van der Waals surface area contributed by atoms with Gasteiger partial charge in [-0.15, -0.1) is 10.0 Å². The summed E-state index contributed by atoms with van der Waals surface area (Å²) in [6, 6.07) is 111. The van der Waals surface area contributed by atoms with Crippen molar-refractivity contribution < 1.29 is 0 Å². The van der Waals surface area contributed by atoms with Gasteiger partial charge in [0.25, 0.3) is 0 Å². The summed E-state index contributed by atoms with van der Waals surface area (Å²) in [5.41, 5.74) is 12.1. The molecule has 0 amide bonds. The van der Waals surface area contributed by atoms with Gasteiger partial charge in [0.15, 0.2) is 5.82 Å². The van der Waals surface area contributed by atoms with Crippen LogP contribution in [0.4, 0.5) is 0 Å². The van der Waals surface area contributed by atoms with Crippen LogP contribution < -0.4 is 0 Å². The van der Waals surface area contributed by atoms with E-state index in [0.29, 0.717) is 5.82 Å². The molecule has 7 heteroatoms. The highest BCUT2D eigenvalue weighted by Gasteiger charge is 2.34. The lowest BCUT2D eigenvalue weighted by molar-refractivity contribution is 0.993. The van der Waals surface area contributed by atoms with Gasteiger partial charge in [-0.05, 0) is 121 Å². The molecule has 0 radical (unpaired) electrons. The summed E-state index contributed by atoms with van der Waals surface area (Å²) in [7, 11) is -2.03. The monoisotopic (exact) mass is 1080 g/mol. The van der Waals surface area contributed by atoms with Gasteiger partial charge in [0.1, 0.15) is 11.6 Å². The maximum atomic E-state index is 5.76. The first kappa shape index (κ1) is 47.1. The Morgan fingerprint density at radius 3 is 0.892 bits per heavy atom. The van der Waals surface area contributed by atoms with E-state index in [1.807, 2.05) is 0 Å². The van der Waals surface area contributed by atoms with Crippen LogP contribution >= 0.6 is 10.0 Å². The van der Waals surface area contributed by atoms with Crippen molar-refractivity contribution in [2.75, 3.05) is 0 Å². The Balaban J connectivity index is 0.931. The highest BCUT2D eigenvalue weighted by Crippen LogP contribution is 2.73. The van der Waals surface area contributed by atoms with E-state index >= 15 is 0 Å². The van der Waals surface area contributed by atoms with E-state index in [2.05, 4.69) is 322 Å². The second-order valence-corrected chi connectivity index (χ2v) is 24.4. The van der Waals surface area contributed by atoms with Crippen LogP contribution in [0.3, 0.4) is 0 Å². The lowest BCUT2D eigenvalue weighted by Gasteiger charge is -2.42. The van der Waals surface area contributed by atoms with Crippen molar-refractivity contribution in [1.29, 1.82) is 0 Å². The van der Waals surface area contributed by atoms with Crippen LogP contribution in [-0.4, -0.2) is 28.2 Å². The molecule has 0 aliphatic carbocycles. The van der Waals surface area contributed by atoms with Crippen molar-refractivity contribution in [3.05, 3.63) is 303 Å². The smallest absolute Gasteiger partial charge is 0.163 e. The fourth-order valence-corrected chi connectivity index (χ4v) is 17.3. The third kappa shape index (κ3) is 7.11. The Labute approximate surface area is 480 Å². The predicted molar refractivity (Wildman–Crippen MR) is 345 cm³/mol. The van der Waals surface area contributed by atoms with Crippen molar-refractivity contribution in [3.63, 3.8) is 0 Å². The van der Waals surface area contributed by atoms with Crippen LogP contribution in [0.15, 0.2) is 323 Å². The summed E-state index contributed by atoms with van der Waals surface area (Å²) in [5, 5.41) is 9.51. The highest BCUT2D eigenvalue weighted by atomic mass is 32.3. The molecule has 17 aromatic rings. The Morgan fingerprint density at radius 2 is 0.518 bits per heavy atom. The molecule has 0 saturated carbocycles. The van der Waals surface area contributed by atoms with E-state index in [4.69, 9.17) is 9.97 Å². The average Bonchev–Trinajstić information content (AvgIpc) is 4.43. The Morgan fingerprint density at radius 1 is 0.217 bits per heavy atom. The van der Waals surface area contributed by atoms with Crippen LogP contribution in [0.2, 0.25) is 0 Å². The van der Waals surface area contributed by atoms with E-state index in [9.17, 15) is 0 Å². The molecule has 0 spiro atoms. The fraction of sp³-hybridized carbons (Fsp3) is 0. The number of hydrogen-bond donors (Lipinski definition) is 0. The maximum absolute atomic E-state index is 5.76. The summed E-state index contributed by atoms with van der Waals surface area (Å²) in [6.45, 7) is 0. The summed E-state index contributed by atoms with van der Waals surface area (Å²) in [5.74, 6) is 2.17. The van der Waals surface area contributed by atoms with E-state index in [1.165, 1.54) is 63.2 Å². The molecule has 83 heavy (non-hydrogen) atoms. The van der Waals surface area contributed by atoms with Crippen LogP contribution in [0, 0.1) is 0 Å². The molecule has 0 aliphatic heterocycles. The van der Waals surface area contributed by atoms with E-state index < -0.39 is 10.0 Å². The molecule has 0 saturated heterocycles. The number of nitrogens with zero attached hydrogens (tertiary/aromatic N) is 6. The molecule has 5 heterocycles. The van der Waals surface area contributed by atoms with Crippen molar-refractivity contribution in [1.82, 2.24) is 28.2 Å². The zero-order valence-electron chi connectivity index (χ0n) is 45.0. The lowest BCUT2D eigenvalue weighted by atomic mass is 10.1. The van der Waals surface area contributed by atoms with Gasteiger partial charge in [0.05, 0.1) is 44.1 Å². The minimum Gasteiger partial charge on any atom is -0.309 e. The molecule has 5 aromatic heterocycles. The van der Waals surface area contributed by atoms with Crippen LogP contribution in [0.25, 0.3) is 122 Å². The molecule has 12 aromatic carbocycles. The molecule has 0 bridgehead atoms. The third-order valence-corrected chi connectivity index (χ3v) is 20.8. The van der Waals surface area contributed by atoms with Gasteiger partial charge in [-0.25, -0.2) is 9.97 Å². The fourth-order valence-electron chi connectivity index (χ4n) is 13.4.